The molecule has 27 heavy (non-hydrogen) atoms. The molecule has 0 saturated heterocycles. The quantitative estimate of drug-likeness (QED) is 0.732. The lowest BCUT2D eigenvalue weighted by Gasteiger charge is -2.12. The Morgan fingerprint density at radius 2 is 2.00 bits per heavy atom. The largest absolute Gasteiger partial charge is 0.416 e. The number of nitrogens with zero attached hydrogens (tertiary/aromatic N) is 4. The van der Waals surface area contributed by atoms with E-state index in [9.17, 15) is 18.0 Å². The third-order valence-electron chi connectivity index (χ3n) is 3.79. The molecule has 0 spiro atoms. The van der Waals surface area contributed by atoms with Crippen LogP contribution in [0.25, 0.3) is 5.69 Å². The molecule has 140 valence electrons. The number of amides is 2. The van der Waals surface area contributed by atoms with Crippen molar-refractivity contribution in [3.05, 3.63) is 65.5 Å². The number of aryl methyl sites for hydroxylation is 1. The number of hydrogen-bond donors (Lipinski definition) is 2. The van der Waals surface area contributed by atoms with Crippen molar-refractivity contribution in [3.8, 4) is 5.69 Å². The summed E-state index contributed by atoms with van der Waals surface area (Å²) in [5.41, 5.74) is 1.58. The Labute approximate surface area is 152 Å². The predicted molar refractivity (Wildman–Crippen MR) is 91.2 cm³/mol. The van der Waals surface area contributed by atoms with E-state index >= 15 is 0 Å². The Balaban J connectivity index is 1.66. The maximum absolute atomic E-state index is 12.7. The second kappa shape index (κ2) is 7.44. The molecule has 0 unspecified atom stereocenters. The van der Waals surface area contributed by atoms with E-state index in [-0.39, 0.29) is 6.54 Å². The summed E-state index contributed by atoms with van der Waals surface area (Å²) in [5, 5.41) is 16.1. The Bertz CT molecular complexity index is 940. The van der Waals surface area contributed by atoms with E-state index in [1.807, 2.05) is 6.92 Å². The molecule has 1 aromatic heterocycles. The fourth-order valence-corrected chi connectivity index (χ4v) is 2.37. The molecule has 0 aliphatic rings. The number of alkyl halides is 3. The molecule has 7 nitrogen and oxygen atoms in total. The number of urea groups is 1. The fourth-order valence-electron chi connectivity index (χ4n) is 2.37. The van der Waals surface area contributed by atoms with Gasteiger partial charge in [0.25, 0.3) is 0 Å². The highest BCUT2D eigenvalue weighted by molar-refractivity contribution is 5.90. The Morgan fingerprint density at radius 3 is 2.70 bits per heavy atom. The second-order valence-corrected chi connectivity index (χ2v) is 5.76. The number of tetrazole rings is 1. The standard InChI is InChI=1S/C17H15F3N6O/c1-11-5-6-14(26-10-22-24-25-26)8-15(11)23-16(27)21-9-12-3-2-4-13(7-12)17(18,19)20/h2-8,10H,9H2,1H3,(H2,21,23,27). The van der Waals surface area contributed by atoms with Gasteiger partial charge in [-0.15, -0.1) is 5.10 Å². The molecule has 2 amide bonds. The smallest absolute Gasteiger partial charge is 0.334 e. The van der Waals surface area contributed by atoms with E-state index in [2.05, 4.69) is 26.2 Å². The van der Waals surface area contributed by atoms with Gasteiger partial charge in [-0.2, -0.15) is 13.2 Å². The van der Waals surface area contributed by atoms with Crippen LogP contribution in [0.4, 0.5) is 23.7 Å². The van der Waals surface area contributed by atoms with Gasteiger partial charge in [0.05, 0.1) is 11.3 Å². The van der Waals surface area contributed by atoms with Crippen molar-refractivity contribution in [1.29, 1.82) is 0 Å². The van der Waals surface area contributed by atoms with Crippen LogP contribution in [-0.4, -0.2) is 26.2 Å². The molecule has 0 saturated carbocycles. The van der Waals surface area contributed by atoms with E-state index < -0.39 is 17.8 Å². The van der Waals surface area contributed by atoms with Crippen molar-refractivity contribution in [2.45, 2.75) is 19.6 Å². The maximum Gasteiger partial charge on any atom is 0.416 e. The minimum absolute atomic E-state index is 0.0402. The SMILES string of the molecule is Cc1ccc(-n2cnnn2)cc1NC(=O)NCc1cccc(C(F)(F)F)c1. The van der Waals surface area contributed by atoms with E-state index in [0.29, 0.717) is 16.9 Å². The average molecular weight is 376 g/mol. The van der Waals surface area contributed by atoms with Crippen LogP contribution in [-0.2, 0) is 12.7 Å². The zero-order chi connectivity index (χ0) is 19.4. The number of carbonyl (C=O) groups excluding carboxylic acids is 1. The number of anilines is 1. The molecule has 0 bridgehead atoms. The summed E-state index contributed by atoms with van der Waals surface area (Å²) in [5.74, 6) is 0. The summed E-state index contributed by atoms with van der Waals surface area (Å²) in [4.78, 5) is 12.1. The van der Waals surface area contributed by atoms with Gasteiger partial charge in [-0.05, 0) is 52.7 Å². The van der Waals surface area contributed by atoms with Crippen LogP contribution in [0.1, 0.15) is 16.7 Å². The van der Waals surface area contributed by atoms with Gasteiger partial charge >= 0.3 is 12.2 Å². The number of benzene rings is 2. The van der Waals surface area contributed by atoms with Crippen LogP contribution in [0.5, 0.6) is 0 Å². The minimum atomic E-state index is -4.42. The van der Waals surface area contributed by atoms with Crippen molar-refractivity contribution in [1.82, 2.24) is 25.5 Å². The lowest BCUT2D eigenvalue weighted by Crippen LogP contribution is -2.28. The molecule has 0 aliphatic heterocycles. The second-order valence-electron chi connectivity index (χ2n) is 5.76. The Kier molecular flexibility index (Phi) is 5.06. The van der Waals surface area contributed by atoms with Crippen LogP contribution in [0, 0.1) is 6.92 Å². The first-order valence-corrected chi connectivity index (χ1v) is 7.88. The summed E-state index contributed by atoms with van der Waals surface area (Å²) in [7, 11) is 0. The molecule has 10 heteroatoms. The Morgan fingerprint density at radius 1 is 1.19 bits per heavy atom. The third-order valence-corrected chi connectivity index (χ3v) is 3.79. The number of hydrogen-bond acceptors (Lipinski definition) is 4. The van der Waals surface area contributed by atoms with Gasteiger partial charge in [0.1, 0.15) is 6.33 Å². The van der Waals surface area contributed by atoms with Crippen molar-refractivity contribution in [3.63, 3.8) is 0 Å². The fraction of sp³-hybridized carbons (Fsp3) is 0.176. The first-order chi connectivity index (χ1) is 12.8. The summed E-state index contributed by atoms with van der Waals surface area (Å²) in [6, 6.07) is 9.54. The molecule has 0 atom stereocenters. The van der Waals surface area contributed by atoms with Crippen LogP contribution in [0.15, 0.2) is 48.8 Å². The number of rotatable bonds is 4. The van der Waals surface area contributed by atoms with E-state index in [1.165, 1.54) is 23.1 Å². The third kappa shape index (κ3) is 4.60. The first kappa shape index (κ1) is 18.4. The molecule has 0 fully saturated rings. The van der Waals surface area contributed by atoms with Crippen LogP contribution in [0.3, 0.4) is 0 Å². The van der Waals surface area contributed by atoms with Gasteiger partial charge in [-0.25, -0.2) is 9.48 Å². The molecule has 3 aromatic rings. The lowest BCUT2D eigenvalue weighted by atomic mass is 10.1. The van der Waals surface area contributed by atoms with Gasteiger partial charge in [0.15, 0.2) is 0 Å². The highest BCUT2D eigenvalue weighted by atomic mass is 19.4. The van der Waals surface area contributed by atoms with Gasteiger partial charge in [0, 0.05) is 12.2 Å². The summed E-state index contributed by atoms with van der Waals surface area (Å²) in [6.45, 7) is 1.77. The number of halogens is 3. The van der Waals surface area contributed by atoms with Crippen LogP contribution < -0.4 is 10.6 Å². The summed E-state index contributed by atoms with van der Waals surface area (Å²) >= 11 is 0. The average Bonchev–Trinajstić information content (AvgIpc) is 3.16. The topological polar surface area (TPSA) is 84.7 Å². The summed E-state index contributed by atoms with van der Waals surface area (Å²) < 4.78 is 39.6. The predicted octanol–water partition coefficient (Wildman–Crippen LogP) is 3.31. The minimum Gasteiger partial charge on any atom is -0.334 e. The van der Waals surface area contributed by atoms with Crippen molar-refractivity contribution < 1.29 is 18.0 Å². The van der Waals surface area contributed by atoms with Crippen LogP contribution >= 0.6 is 0 Å². The van der Waals surface area contributed by atoms with Gasteiger partial charge in [-0.1, -0.05) is 18.2 Å². The number of aromatic nitrogens is 4. The van der Waals surface area contributed by atoms with E-state index in [4.69, 9.17) is 0 Å². The Hall–Kier alpha value is -3.43. The first-order valence-electron chi connectivity index (χ1n) is 7.88. The molecule has 1 heterocycles. The molecule has 3 rings (SSSR count). The number of nitrogens with one attached hydrogen (secondary N) is 2. The van der Waals surface area contributed by atoms with Gasteiger partial charge in [0.2, 0.25) is 0 Å². The monoisotopic (exact) mass is 376 g/mol. The number of carbonyl (C=O) groups is 1. The zero-order valence-corrected chi connectivity index (χ0v) is 14.2. The van der Waals surface area contributed by atoms with Crippen molar-refractivity contribution in [2.24, 2.45) is 0 Å². The summed E-state index contributed by atoms with van der Waals surface area (Å²) in [6.07, 6.45) is -3.01. The highest BCUT2D eigenvalue weighted by Crippen LogP contribution is 2.29. The molecular formula is C17H15F3N6O. The molecular weight excluding hydrogens is 361 g/mol. The molecule has 2 aromatic carbocycles. The van der Waals surface area contributed by atoms with Gasteiger partial charge < -0.3 is 10.6 Å². The lowest BCUT2D eigenvalue weighted by molar-refractivity contribution is -0.137. The molecule has 0 aliphatic carbocycles. The normalized spacial score (nSPS) is 11.3. The van der Waals surface area contributed by atoms with Gasteiger partial charge in [-0.3, -0.25) is 0 Å². The van der Waals surface area contributed by atoms with Crippen LogP contribution in [0.2, 0.25) is 0 Å². The van der Waals surface area contributed by atoms with E-state index in [0.717, 1.165) is 17.7 Å². The van der Waals surface area contributed by atoms with E-state index in [1.54, 1.807) is 18.2 Å². The maximum atomic E-state index is 12.7. The highest BCUT2D eigenvalue weighted by Gasteiger charge is 2.30. The van der Waals surface area contributed by atoms with Crippen molar-refractivity contribution >= 4 is 11.7 Å². The molecule has 0 radical (unpaired) electrons. The molecule has 2 N–H and O–H groups in total. The van der Waals surface area contributed by atoms with Crippen molar-refractivity contribution in [2.75, 3.05) is 5.32 Å². The zero-order valence-electron chi connectivity index (χ0n) is 14.2.